The largest absolute Gasteiger partial charge is 0.497 e. The van der Waals surface area contributed by atoms with Crippen LogP contribution in [0.1, 0.15) is 24.8 Å². The number of carbonyl (C=O) groups excluding carboxylic acids is 3. The number of nitrogens with zero attached hydrogens (tertiary/aromatic N) is 2. The number of hydrogen-bond donors (Lipinski definition) is 1. The minimum Gasteiger partial charge on any atom is -0.497 e. The van der Waals surface area contributed by atoms with Crippen molar-refractivity contribution in [2.75, 3.05) is 35.3 Å². The SMILES string of the molecule is COc1ccc(NC(=O)[C@@H]2CC(=O)N(c3ccc4c(c3)CCN4C(=O)C3CC3)C2)cc1. The van der Waals surface area contributed by atoms with Crippen LogP contribution in [-0.2, 0) is 20.8 Å². The van der Waals surface area contributed by atoms with E-state index in [-0.39, 0.29) is 30.1 Å². The van der Waals surface area contributed by atoms with Gasteiger partial charge in [0.15, 0.2) is 0 Å². The Bertz CT molecular complexity index is 1050. The van der Waals surface area contributed by atoms with E-state index in [9.17, 15) is 14.4 Å². The lowest BCUT2D eigenvalue weighted by atomic mass is 10.1. The summed E-state index contributed by atoms with van der Waals surface area (Å²) in [5.74, 6) is 0.502. The fraction of sp³-hybridized carbons (Fsp3) is 0.375. The van der Waals surface area contributed by atoms with Crippen molar-refractivity contribution in [2.45, 2.75) is 25.7 Å². The maximum Gasteiger partial charge on any atom is 0.230 e. The summed E-state index contributed by atoms with van der Waals surface area (Å²) < 4.78 is 5.13. The Balaban J connectivity index is 1.26. The monoisotopic (exact) mass is 419 g/mol. The highest BCUT2D eigenvalue weighted by Crippen LogP contribution is 2.38. The number of rotatable bonds is 5. The van der Waals surface area contributed by atoms with Gasteiger partial charge in [-0.25, -0.2) is 0 Å². The van der Waals surface area contributed by atoms with Crippen LogP contribution in [-0.4, -0.2) is 37.9 Å². The van der Waals surface area contributed by atoms with Crippen LogP contribution in [0.4, 0.5) is 17.1 Å². The van der Waals surface area contributed by atoms with E-state index in [0.717, 1.165) is 36.2 Å². The molecule has 0 aromatic heterocycles. The second kappa shape index (κ2) is 7.72. The van der Waals surface area contributed by atoms with Crippen LogP contribution in [0.2, 0.25) is 0 Å². The number of nitrogens with one attached hydrogen (secondary N) is 1. The van der Waals surface area contributed by atoms with E-state index in [1.165, 1.54) is 0 Å². The van der Waals surface area contributed by atoms with Crippen molar-refractivity contribution in [2.24, 2.45) is 11.8 Å². The molecule has 1 saturated heterocycles. The summed E-state index contributed by atoms with van der Waals surface area (Å²) in [6.45, 7) is 1.05. The topological polar surface area (TPSA) is 79.0 Å². The summed E-state index contributed by atoms with van der Waals surface area (Å²) in [4.78, 5) is 41.4. The molecular formula is C24H25N3O4. The van der Waals surface area contributed by atoms with E-state index in [1.807, 2.05) is 23.1 Å². The van der Waals surface area contributed by atoms with Crippen molar-refractivity contribution in [3.63, 3.8) is 0 Å². The first kappa shape index (κ1) is 19.6. The molecule has 0 unspecified atom stereocenters. The number of methoxy groups -OCH3 is 1. The number of amides is 3. The number of benzene rings is 2. The van der Waals surface area contributed by atoms with E-state index < -0.39 is 5.92 Å². The molecule has 1 atom stereocenters. The Morgan fingerprint density at radius 1 is 1.06 bits per heavy atom. The van der Waals surface area contributed by atoms with Gasteiger partial charge in [-0.05, 0) is 67.3 Å². The average molecular weight is 419 g/mol. The second-order valence-electron chi connectivity index (χ2n) is 8.45. The molecule has 160 valence electrons. The summed E-state index contributed by atoms with van der Waals surface area (Å²) in [7, 11) is 1.59. The lowest BCUT2D eigenvalue weighted by Gasteiger charge is -2.20. The van der Waals surface area contributed by atoms with Gasteiger partial charge in [0.2, 0.25) is 17.7 Å². The fourth-order valence-corrected chi connectivity index (χ4v) is 4.39. The molecule has 0 bridgehead atoms. The molecule has 1 aliphatic carbocycles. The first-order valence-corrected chi connectivity index (χ1v) is 10.7. The predicted octanol–water partition coefficient (Wildman–Crippen LogP) is 2.99. The van der Waals surface area contributed by atoms with E-state index >= 15 is 0 Å². The average Bonchev–Trinajstić information content (AvgIpc) is 3.44. The number of hydrogen-bond acceptors (Lipinski definition) is 4. The Labute approximate surface area is 181 Å². The van der Waals surface area contributed by atoms with Gasteiger partial charge in [-0.15, -0.1) is 0 Å². The third-order valence-electron chi connectivity index (χ3n) is 6.32. The van der Waals surface area contributed by atoms with Gasteiger partial charge in [-0.2, -0.15) is 0 Å². The minimum atomic E-state index is -0.407. The standard InChI is InChI=1S/C24H25N3O4/c1-31-20-7-4-18(5-8-20)25-23(29)17-13-22(28)27(14-17)19-6-9-21-16(12-19)10-11-26(21)24(30)15-2-3-15/h4-9,12,15,17H,2-3,10-11,13-14H2,1H3,(H,25,29)/t17-/m1/s1. The first-order valence-electron chi connectivity index (χ1n) is 10.7. The summed E-state index contributed by atoms with van der Waals surface area (Å²) in [5.41, 5.74) is 3.52. The van der Waals surface area contributed by atoms with Crippen molar-refractivity contribution in [1.29, 1.82) is 0 Å². The smallest absolute Gasteiger partial charge is 0.230 e. The van der Waals surface area contributed by atoms with Gasteiger partial charge >= 0.3 is 0 Å². The molecule has 2 aliphatic heterocycles. The van der Waals surface area contributed by atoms with Gasteiger partial charge in [0.25, 0.3) is 0 Å². The van der Waals surface area contributed by atoms with Crippen LogP contribution in [0, 0.1) is 11.8 Å². The third kappa shape index (κ3) is 3.76. The zero-order chi connectivity index (χ0) is 21.5. The Kier molecular flexibility index (Phi) is 4.88. The minimum absolute atomic E-state index is 0.0567. The molecule has 0 spiro atoms. The number of fused-ring (bicyclic) bond motifs is 1. The van der Waals surface area contributed by atoms with Gasteiger partial charge in [-0.1, -0.05) is 0 Å². The molecule has 1 N–H and O–H groups in total. The molecule has 2 aromatic rings. The third-order valence-corrected chi connectivity index (χ3v) is 6.32. The van der Waals surface area contributed by atoms with Crippen molar-refractivity contribution in [3.05, 3.63) is 48.0 Å². The van der Waals surface area contributed by atoms with E-state index in [1.54, 1.807) is 36.3 Å². The van der Waals surface area contributed by atoms with Crippen molar-refractivity contribution >= 4 is 34.8 Å². The molecule has 1 saturated carbocycles. The van der Waals surface area contributed by atoms with Crippen LogP contribution in [0.15, 0.2) is 42.5 Å². The molecule has 7 heteroatoms. The van der Waals surface area contributed by atoms with Gasteiger partial charge < -0.3 is 19.9 Å². The molecule has 5 rings (SSSR count). The number of carbonyl (C=O) groups is 3. The molecule has 0 radical (unpaired) electrons. The summed E-state index contributed by atoms with van der Waals surface area (Å²) >= 11 is 0. The zero-order valence-corrected chi connectivity index (χ0v) is 17.5. The van der Waals surface area contributed by atoms with Crippen LogP contribution in [0.25, 0.3) is 0 Å². The fourth-order valence-electron chi connectivity index (χ4n) is 4.39. The highest BCUT2D eigenvalue weighted by Gasteiger charge is 2.38. The van der Waals surface area contributed by atoms with Gasteiger partial charge in [-0.3, -0.25) is 14.4 Å². The predicted molar refractivity (Wildman–Crippen MR) is 117 cm³/mol. The molecule has 2 fully saturated rings. The molecular weight excluding hydrogens is 394 g/mol. The number of ether oxygens (including phenoxy) is 1. The van der Waals surface area contributed by atoms with E-state index in [4.69, 9.17) is 4.74 Å². The lowest BCUT2D eigenvalue weighted by molar-refractivity contribution is -0.122. The maximum absolute atomic E-state index is 12.7. The van der Waals surface area contributed by atoms with Crippen LogP contribution >= 0.6 is 0 Å². The first-order chi connectivity index (χ1) is 15.0. The number of anilines is 3. The van der Waals surface area contributed by atoms with Gasteiger partial charge in [0.1, 0.15) is 5.75 Å². The summed E-state index contributed by atoms with van der Waals surface area (Å²) in [5, 5.41) is 2.89. The Morgan fingerprint density at radius 3 is 2.55 bits per heavy atom. The quantitative estimate of drug-likeness (QED) is 0.808. The van der Waals surface area contributed by atoms with E-state index in [2.05, 4.69) is 5.32 Å². The second-order valence-corrected chi connectivity index (χ2v) is 8.45. The van der Waals surface area contributed by atoms with Crippen LogP contribution in [0.5, 0.6) is 5.75 Å². The summed E-state index contributed by atoms with van der Waals surface area (Å²) in [6.07, 6.45) is 2.96. The molecule has 3 amide bonds. The van der Waals surface area contributed by atoms with Gasteiger partial charge in [0.05, 0.1) is 13.0 Å². The van der Waals surface area contributed by atoms with Gasteiger partial charge in [0, 0.05) is 42.5 Å². The molecule has 2 heterocycles. The Morgan fingerprint density at radius 2 is 1.84 bits per heavy atom. The van der Waals surface area contributed by atoms with E-state index in [0.29, 0.717) is 24.5 Å². The highest BCUT2D eigenvalue weighted by molar-refractivity contribution is 6.04. The molecule has 3 aliphatic rings. The molecule has 2 aromatic carbocycles. The van der Waals surface area contributed by atoms with Crippen LogP contribution < -0.4 is 19.9 Å². The van der Waals surface area contributed by atoms with Crippen molar-refractivity contribution < 1.29 is 19.1 Å². The summed E-state index contributed by atoms with van der Waals surface area (Å²) in [6, 6.07) is 12.9. The maximum atomic E-state index is 12.7. The zero-order valence-electron chi connectivity index (χ0n) is 17.5. The van der Waals surface area contributed by atoms with Crippen LogP contribution in [0.3, 0.4) is 0 Å². The van der Waals surface area contributed by atoms with Crippen molar-refractivity contribution in [3.8, 4) is 5.75 Å². The highest BCUT2D eigenvalue weighted by atomic mass is 16.5. The van der Waals surface area contributed by atoms with Crippen molar-refractivity contribution in [1.82, 2.24) is 0 Å². The molecule has 7 nitrogen and oxygen atoms in total. The Hall–Kier alpha value is -3.35. The normalized spacial score (nSPS) is 20.0. The lowest BCUT2D eigenvalue weighted by Crippen LogP contribution is -2.30. The molecule has 31 heavy (non-hydrogen) atoms.